The summed E-state index contributed by atoms with van der Waals surface area (Å²) in [6.45, 7) is 10.3. The highest BCUT2D eigenvalue weighted by Crippen LogP contribution is 2.30. The third-order valence-electron chi connectivity index (χ3n) is 6.19. The number of carboxylic acids is 1. The van der Waals surface area contributed by atoms with E-state index in [1.807, 2.05) is 66.9 Å². The highest BCUT2D eigenvalue weighted by molar-refractivity contribution is 7.13. The van der Waals surface area contributed by atoms with Gasteiger partial charge in [0.15, 0.2) is 0 Å². The molecule has 1 N–H and O–H groups in total. The van der Waals surface area contributed by atoms with Crippen LogP contribution < -0.4 is 9.47 Å². The zero-order valence-corrected chi connectivity index (χ0v) is 22.7. The summed E-state index contributed by atoms with van der Waals surface area (Å²) >= 11 is 1.59. The zero-order valence-electron chi connectivity index (χ0n) is 21.9. The van der Waals surface area contributed by atoms with Gasteiger partial charge in [-0.1, -0.05) is 51.1 Å². The Labute approximate surface area is 221 Å². The van der Waals surface area contributed by atoms with Crippen molar-refractivity contribution >= 4 is 17.3 Å². The number of ether oxygens (including phenoxy) is 2. The fraction of sp³-hybridized carbons (Fsp3) is 0.333. The number of aliphatic carboxylic acids is 1. The molecule has 0 amide bonds. The highest BCUT2D eigenvalue weighted by Gasteiger charge is 2.36. The van der Waals surface area contributed by atoms with Gasteiger partial charge in [0.25, 0.3) is 0 Å². The molecule has 0 saturated heterocycles. The van der Waals surface area contributed by atoms with E-state index in [4.69, 9.17) is 13.9 Å². The van der Waals surface area contributed by atoms with E-state index in [0.717, 1.165) is 27.5 Å². The molecule has 1 unspecified atom stereocenters. The standard InChI is InChI=1S/C30H33NO5S/c1-20-25(31-27(35-20)26-10-7-17-37-26)15-16-34-23-13-11-21(12-14-23)19-30(5,28(32)33)36-24-9-6-8-22(18-24)29(2,3)4/h6-14,17-18H,15-16,19H2,1-5H3,(H,32,33). The van der Waals surface area contributed by atoms with Crippen molar-refractivity contribution < 1.29 is 23.8 Å². The molecule has 0 spiro atoms. The molecular weight excluding hydrogens is 486 g/mol. The van der Waals surface area contributed by atoms with Crippen molar-refractivity contribution in [3.63, 3.8) is 0 Å². The van der Waals surface area contributed by atoms with Gasteiger partial charge >= 0.3 is 5.97 Å². The number of hydrogen-bond acceptors (Lipinski definition) is 6. The molecule has 4 aromatic rings. The van der Waals surface area contributed by atoms with E-state index in [0.29, 0.717) is 30.4 Å². The molecule has 4 rings (SSSR count). The summed E-state index contributed by atoms with van der Waals surface area (Å²) in [6.07, 6.45) is 0.840. The first-order valence-electron chi connectivity index (χ1n) is 12.3. The van der Waals surface area contributed by atoms with Crippen LogP contribution in [-0.2, 0) is 23.1 Å². The first kappa shape index (κ1) is 26.5. The Morgan fingerprint density at radius 2 is 1.78 bits per heavy atom. The minimum absolute atomic E-state index is 0.0619. The zero-order chi connectivity index (χ0) is 26.6. The molecular formula is C30H33NO5S. The Balaban J connectivity index is 1.36. The van der Waals surface area contributed by atoms with Crippen LogP contribution >= 0.6 is 11.3 Å². The van der Waals surface area contributed by atoms with Crippen molar-refractivity contribution in [1.29, 1.82) is 0 Å². The van der Waals surface area contributed by atoms with Crippen molar-refractivity contribution in [2.45, 2.75) is 58.5 Å². The van der Waals surface area contributed by atoms with Gasteiger partial charge < -0.3 is 19.0 Å². The van der Waals surface area contributed by atoms with E-state index in [-0.39, 0.29) is 11.8 Å². The normalized spacial score (nSPS) is 13.2. The van der Waals surface area contributed by atoms with Gasteiger partial charge in [-0.2, -0.15) is 0 Å². The maximum Gasteiger partial charge on any atom is 0.348 e. The number of aryl methyl sites for hydroxylation is 1. The van der Waals surface area contributed by atoms with Gasteiger partial charge in [0.05, 0.1) is 17.2 Å². The topological polar surface area (TPSA) is 81.8 Å². The molecule has 0 saturated carbocycles. The fourth-order valence-corrected chi connectivity index (χ4v) is 4.61. The van der Waals surface area contributed by atoms with Crippen molar-refractivity contribution in [1.82, 2.24) is 4.98 Å². The summed E-state index contributed by atoms with van der Waals surface area (Å²) in [4.78, 5) is 17.8. The maximum absolute atomic E-state index is 12.2. The van der Waals surface area contributed by atoms with Crippen LogP contribution in [0.2, 0.25) is 0 Å². The number of carboxylic acid groups (broad SMARTS) is 1. The number of hydrogen-bond donors (Lipinski definition) is 1. The lowest BCUT2D eigenvalue weighted by Crippen LogP contribution is -2.43. The van der Waals surface area contributed by atoms with Crippen LogP contribution in [0.25, 0.3) is 10.8 Å². The number of rotatable bonds is 10. The summed E-state index contributed by atoms with van der Waals surface area (Å²) in [5.74, 6) is 1.67. The van der Waals surface area contributed by atoms with Crippen molar-refractivity contribution in [2.24, 2.45) is 0 Å². The molecule has 7 heteroatoms. The summed E-state index contributed by atoms with van der Waals surface area (Å²) in [7, 11) is 0. The summed E-state index contributed by atoms with van der Waals surface area (Å²) in [5.41, 5.74) is 1.34. The van der Waals surface area contributed by atoms with Crippen molar-refractivity contribution in [2.75, 3.05) is 6.61 Å². The van der Waals surface area contributed by atoms with E-state index in [1.165, 1.54) is 0 Å². The summed E-state index contributed by atoms with van der Waals surface area (Å²) in [6, 6.07) is 19.1. The maximum atomic E-state index is 12.2. The number of aromatic nitrogens is 1. The lowest BCUT2D eigenvalue weighted by molar-refractivity contribution is -0.153. The quantitative estimate of drug-likeness (QED) is 0.241. The molecule has 2 aromatic carbocycles. The largest absolute Gasteiger partial charge is 0.493 e. The molecule has 0 aliphatic rings. The molecule has 37 heavy (non-hydrogen) atoms. The molecule has 0 bridgehead atoms. The minimum atomic E-state index is -1.41. The van der Waals surface area contributed by atoms with Gasteiger partial charge in [0, 0.05) is 12.8 Å². The van der Waals surface area contributed by atoms with Crippen LogP contribution in [-0.4, -0.2) is 28.3 Å². The van der Waals surface area contributed by atoms with E-state index in [9.17, 15) is 9.90 Å². The molecule has 0 fully saturated rings. The summed E-state index contributed by atoms with van der Waals surface area (Å²) < 4.78 is 17.7. The number of carbonyl (C=O) groups is 1. The molecule has 6 nitrogen and oxygen atoms in total. The second kappa shape index (κ2) is 10.8. The summed E-state index contributed by atoms with van der Waals surface area (Å²) in [5, 5.41) is 12.0. The predicted octanol–water partition coefficient (Wildman–Crippen LogP) is 7.10. The molecule has 2 heterocycles. The van der Waals surface area contributed by atoms with Gasteiger partial charge in [-0.25, -0.2) is 9.78 Å². The number of benzene rings is 2. The third kappa shape index (κ3) is 6.60. The monoisotopic (exact) mass is 519 g/mol. The SMILES string of the molecule is Cc1oc(-c2cccs2)nc1CCOc1ccc(CC(C)(Oc2cccc(C(C)(C)C)c2)C(=O)O)cc1. The Bertz CT molecular complexity index is 1340. The average Bonchev–Trinajstić information content (AvgIpc) is 3.50. The van der Waals surface area contributed by atoms with Gasteiger partial charge in [0.2, 0.25) is 11.5 Å². The van der Waals surface area contributed by atoms with E-state index >= 15 is 0 Å². The number of oxazole rings is 1. The van der Waals surface area contributed by atoms with Crippen LogP contribution in [0.15, 0.2) is 70.5 Å². The van der Waals surface area contributed by atoms with Crippen LogP contribution in [0.1, 0.15) is 50.3 Å². The van der Waals surface area contributed by atoms with E-state index < -0.39 is 11.6 Å². The molecule has 194 valence electrons. The van der Waals surface area contributed by atoms with Gasteiger partial charge in [-0.05, 0) is 66.1 Å². The Hall–Kier alpha value is -3.58. The van der Waals surface area contributed by atoms with Crippen LogP contribution in [0.4, 0.5) is 0 Å². The Morgan fingerprint density at radius 3 is 2.43 bits per heavy atom. The molecule has 2 aromatic heterocycles. The molecule has 1 atom stereocenters. The van der Waals surface area contributed by atoms with E-state index in [1.54, 1.807) is 24.3 Å². The van der Waals surface area contributed by atoms with Gasteiger partial charge in [-0.15, -0.1) is 11.3 Å². The van der Waals surface area contributed by atoms with Gasteiger partial charge in [-0.3, -0.25) is 0 Å². The van der Waals surface area contributed by atoms with Crippen LogP contribution in [0.3, 0.4) is 0 Å². The first-order chi connectivity index (χ1) is 17.5. The Morgan fingerprint density at radius 1 is 1.03 bits per heavy atom. The highest BCUT2D eigenvalue weighted by atomic mass is 32.1. The van der Waals surface area contributed by atoms with Crippen molar-refractivity contribution in [3.8, 4) is 22.3 Å². The minimum Gasteiger partial charge on any atom is -0.493 e. The first-order valence-corrected chi connectivity index (χ1v) is 13.2. The van der Waals surface area contributed by atoms with Crippen LogP contribution in [0.5, 0.6) is 11.5 Å². The lowest BCUT2D eigenvalue weighted by Gasteiger charge is -2.28. The number of nitrogens with zero attached hydrogens (tertiary/aromatic N) is 1. The molecule has 0 radical (unpaired) electrons. The second-order valence-electron chi connectivity index (χ2n) is 10.3. The predicted molar refractivity (Wildman–Crippen MR) is 146 cm³/mol. The Kier molecular flexibility index (Phi) is 7.73. The lowest BCUT2D eigenvalue weighted by atomic mass is 9.87. The van der Waals surface area contributed by atoms with E-state index in [2.05, 4.69) is 25.8 Å². The van der Waals surface area contributed by atoms with Gasteiger partial charge in [0.1, 0.15) is 17.3 Å². The molecule has 0 aliphatic heterocycles. The van der Waals surface area contributed by atoms with Crippen LogP contribution in [0, 0.1) is 6.92 Å². The smallest absolute Gasteiger partial charge is 0.348 e. The fourth-order valence-electron chi connectivity index (χ4n) is 3.97. The third-order valence-corrected chi connectivity index (χ3v) is 7.05. The average molecular weight is 520 g/mol. The number of thiophene rings is 1. The van der Waals surface area contributed by atoms with Crippen molar-refractivity contribution in [3.05, 3.63) is 88.6 Å². The molecule has 0 aliphatic carbocycles. The second-order valence-corrected chi connectivity index (χ2v) is 11.3.